The molecule has 0 aliphatic heterocycles. The van der Waals surface area contributed by atoms with Gasteiger partial charge in [0.2, 0.25) is 0 Å². The number of carbonyl (C=O) groups excluding carboxylic acids is 1. The van der Waals surface area contributed by atoms with Crippen molar-refractivity contribution in [3.63, 3.8) is 0 Å². The predicted molar refractivity (Wildman–Crippen MR) is 71.4 cm³/mol. The van der Waals surface area contributed by atoms with Crippen LogP contribution in [0.5, 0.6) is 0 Å². The zero-order valence-electron chi connectivity index (χ0n) is 11.3. The first-order valence-electron chi connectivity index (χ1n) is 6.02. The zero-order valence-corrected chi connectivity index (χ0v) is 11.3. The normalized spacial score (nSPS) is 12.9. The Kier molecular flexibility index (Phi) is 4.61. The van der Waals surface area contributed by atoms with E-state index in [0.717, 1.165) is 0 Å². The lowest BCUT2D eigenvalue weighted by Gasteiger charge is -2.30. The highest BCUT2D eigenvalue weighted by Crippen LogP contribution is 2.14. The molecule has 1 aromatic rings. The SMILES string of the molecule is CCNC(=O)c1ccc(NC(C)(C)C(C)N)nn1. The summed E-state index contributed by atoms with van der Waals surface area (Å²) in [6, 6.07) is 3.32. The fourth-order valence-corrected chi connectivity index (χ4v) is 1.22. The van der Waals surface area contributed by atoms with Crippen LogP contribution in [0, 0.1) is 0 Å². The molecule has 1 heterocycles. The standard InChI is InChI=1S/C12H21N5O/c1-5-14-11(18)9-6-7-10(17-16-9)15-12(3,4)8(2)13/h6-8H,5,13H2,1-4H3,(H,14,18)(H,15,17). The molecule has 0 fully saturated rings. The number of hydrogen-bond donors (Lipinski definition) is 3. The zero-order chi connectivity index (χ0) is 13.8. The smallest absolute Gasteiger partial charge is 0.271 e. The van der Waals surface area contributed by atoms with E-state index in [-0.39, 0.29) is 17.5 Å². The quantitative estimate of drug-likeness (QED) is 0.718. The summed E-state index contributed by atoms with van der Waals surface area (Å²) < 4.78 is 0. The highest BCUT2D eigenvalue weighted by molar-refractivity contribution is 5.92. The van der Waals surface area contributed by atoms with Crippen molar-refractivity contribution in [3.8, 4) is 0 Å². The van der Waals surface area contributed by atoms with Crippen LogP contribution < -0.4 is 16.4 Å². The fraction of sp³-hybridized carbons (Fsp3) is 0.583. The van der Waals surface area contributed by atoms with E-state index in [1.807, 2.05) is 27.7 Å². The van der Waals surface area contributed by atoms with Crippen molar-refractivity contribution in [3.05, 3.63) is 17.8 Å². The molecule has 0 spiro atoms. The molecule has 1 aromatic heterocycles. The first-order valence-corrected chi connectivity index (χ1v) is 6.02. The van der Waals surface area contributed by atoms with Gasteiger partial charge >= 0.3 is 0 Å². The molecule has 1 atom stereocenters. The first-order chi connectivity index (χ1) is 8.36. The number of nitrogens with zero attached hydrogens (tertiary/aromatic N) is 2. The summed E-state index contributed by atoms with van der Waals surface area (Å²) >= 11 is 0. The minimum absolute atomic E-state index is 0.0395. The summed E-state index contributed by atoms with van der Waals surface area (Å²) in [5, 5.41) is 13.7. The van der Waals surface area contributed by atoms with Crippen molar-refractivity contribution in [1.29, 1.82) is 0 Å². The molecule has 4 N–H and O–H groups in total. The molecule has 0 bridgehead atoms. The summed E-state index contributed by atoms with van der Waals surface area (Å²) in [5.74, 6) is 0.383. The van der Waals surface area contributed by atoms with E-state index >= 15 is 0 Å². The van der Waals surface area contributed by atoms with Crippen LogP contribution in [0.3, 0.4) is 0 Å². The van der Waals surface area contributed by atoms with E-state index in [1.54, 1.807) is 12.1 Å². The summed E-state index contributed by atoms with van der Waals surface area (Å²) in [5.41, 5.74) is 5.88. The number of aromatic nitrogens is 2. The Morgan fingerprint density at radius 2 is 2.11 bits per heavy atom. The maximum Gasteiger partial charge on any atom is 0.271 e. The lowest BCUT2D eigenvalue weighted by molar-refractivity contribution is 0.0950. The number of anilines is 1. The molecule has 1 unspecified atom stereocenters. The Balaban J connectivity index is 2.75. The van der Waals surface area contributed by atoms with Gasteiger partial charge in [0.25, 0.3) is 5.91 Å². The van der Waals surface area contributed by atoms with Crippen molar-refractivity contribution < 1.29 is 4.79 Å². The minimum atomic E-state index is -0.290. The summed E-state index contributed by atoms with van der Waals surface area (Å²) in [4.78, 5) is 11.5. The van der Waals surface area contributed by atoms with Gasteiger partial charge in [-0.3, -0.25) is 4.79 Å². The third-order valence-corrected chi connectivity index (χ3v) is 2.82. The monoisotopic (exact) mass is 251 g/mol. The topological polar surface area (TPSA) is 92.9 Å². The Hall–Kier alpha value is -1.69. The number of carbonyl (C=O) groups is 1. The number of hydrogen-bond acceptors (Lipinski definition) is 5. The van der Waals surface area contributed by atoms with Crippen molar-refractivity contribution in [1.82, 2.24) is 15.5 Å². The van der Waals surface area contributed by atoms with Crippen LogP contribution in [0.15, 0.2) is 12.1 Å². The second-order valence-electron chi connectivity index (χ2n) is 4.80. The van der Waals surface area contributed by atoms with E-state index < -0.39 is 0 Å². The molecule has 0 saturated heterocycles. The molecular formula is C12H21N5O. The van der Waals surface area contributed by atoms with Gasteiger partial charge in [0.15, 0.2) is 5.69 Å². The Labute approximate surface area is 107 Å². The van der Waals surface area contributed by atoms with Crippen LogP contribution in [-0.2, 0) is 0 Å². The Bertz CT molecular complexity index is 399. The largest absolute Gasteiger partial charge is 0.362 e. The van der Waals surface area contributed by atoms with Crippen LogP contribution in [0.1, 0.15) is 38.2 Å². The second-order valence-corrected chi connectivity index (χ2v) is 4.80. The van der Waals surface area contributed by atoms with Crippen molar-refractivity contribution in [2.24, 2.45) is 5.73 Å². The Morgan fingerprint density at radius 1 is 1.44 bits per heavy atom. The molecule has 6 heteroatoms. The van der Waals surface area contributed by atoms with Crippen LogP contribution >= 0.6 is 0 Å². The number of rotatable bonds is 5. The fourth-order valence-electron chi connectivity index (χ4n) is 1.22. The highest BCUT2D eigenvalue weighted by atomic mass is 16.1. The van der Waals surface area contributed by atoms with E-state index in [0.29, 0.717) is 18.1 Å². The molecule has 6 nitrogen and oxygen atoms in total. The number of nitrogens with one attached hydrogen (secondary N) is 2. The summed E-state index contributed by atoms with van der Waals surface area (Å²) in [6.45, 7) is 8.31. The van der Waals surface area contributed by atoms with Gasteiger partial charge in [0, 0.05) is 18.1 Å². The van der Waals surface area contributed by atoms with Gasteiger partial charge in [-0.25, -0.2) is 0 Å². The van der Waals surface area contributed by atoms with Gasteiger partial charge in [0.1, 0.15) is 5.82 Å². The molecule has 18 heavy (non-hydrogen) atoms. The molecule has 0 aliphatic carbocycles. The maximum atomic E-state index is 11.5. The lowest BCUT2D eigenvalue weighted by Crippen LogP contribution is -2.47. The molecular weight excluding hydrogens is 230 g/mol. The molecule has 100 valence electrons. The van der Waals surface area contributed by atoms with Gasteiger partial charge < -0.3 is 16.4 Å². The summed E-state index contributed by atoms with van der Waals surface area (Å²) in [6.07, 6.45) is 0. The minimum Gasteiger partial charge on any atom is -0.362 e. The summed E-state index contributed by atoms with van der Waals surface area (Å²) in [7, 11) is 0. The molecule has 0 aromatic carbocycles. The molecule has 0 radical (unpaired) electrons. The lowest BCUT2D eigenvalue weighted by atomic mass is 9.97. The van der Waals surface area contributed by atoms with Crippen LogP contribution in [0.2, 0.25) is 0 Å². The number of nitrogens with two attached hydrogens (primary N) is 1. The van der Waals surface area contributed by atoms with Crippen LogP contribution in [-0.4, -0.2) is 34.2 Å². The van der Waals surface area contributed by atoms with Gasteiger partial charge in [-0.1, -0.05) is 0 Å². The average molecular weight is 251 g/mol. The van der Waals surface area contributed by atoms with E-state index in [4.69, 9.17) is 5.73 Å². The van der Waals surface area contributed by atoms with Gasteiger partial charge in [-0.05, 0) is 39.8 Å². The van der Waals surface area contributed by atoms with Gasteiger partial charge in [-0.15, -0.1) is 10.2 Å². The van der Waals surface area contributed by atoms with Crippen molar-refractivity contribution in [2.45, 2.75) is 39.3 Å². The van der Waals surface area contributed by atoms with Gasteiger partial charge in [-0.2, -0.15) is 0 Å². The highest BCUT2D eigenvalue weighted by Gasteiger charge is 2.23. The molecule has 0 aliphatic rings. The Morgan fingerprint density at radius 3 is 2.56 bits per heavy atom. The average Bonchev–Trinajstić information content (AvgIpc) is 2.29. The van der Waals surface area contributed by atoms with Crippen LogP contribution in [0.4, 0.5) is 5.82 Å². The third-order valence-electron chi connectivity index (χ3n) is 2.82. The van der Waals surface area contributed by atoms with Crippen molar-refractivity contribution in [2.75, 3.05) is 11.9 Å². The van der Waals surface area contributed by atoms with E-state index in [9.17, 15) is 4.79 Å². The van der Waals surface area contributed by atoms with Gasteiger partial charge in [0.05, 0.1) is 0 Å². The molecule has 1 rings (SSSR count). The second kappa shape index (κ2) is 5.77. The molecule has 0 saturated carbocycles. The van der Waals surface area contributed by atoms with Crippen molar-refractivity contribution >= 4 is 11.7 Å². The van der Waals surface area contributed by atoms with E-state index in [1.165, 1.54) is 0 Å². The predicted octanol–water partition coefficient (Wildman–Crippen LogP) is 0.764. The molecule has 1 amide bonds. The van der Waals surface area contributed by atoms with Crippen LogP contribution in [0.25, 0.3) is 0 Å². The van der Waals surface area contributed by atoms with E-state index in [2.05, 4.69) is 20.8 Å². The number of amides is 1. The third kappa shape index (κ3) is 3.66. The maximum absolute atomic E-state index is 11.5. The first kappa shape index (κ1) is 14.4.